The predicted octanol–water partition coefficient (Wildman–Crippen LogP) is 4.53. The lowest BCUT2D eigenvalue weighted by Gasteiger charge is -2.10. The van der Waals surface area contributed by atoms with E-state index in [1.165, 1.54) is 7.11 Å². The van der Waals surface area contributed by atoms with Crippen molar-refractivity contribution < 1.29 is 13.9 Å². The van der Waals surface area contributed by atoms with Crippen LogP contribution in [0.1, 0.15) is 35.0 Å². The standard InChI is InChI=1S/C19H16ClN3O3/c1-25-16-10-13(20)6-9-15(16)17(24)21-14-7-4-12(5-8-14)19-23-22-18(26-19)11-2-3-11/h4-11H,2-3H2,1H3,(H,21,24). The van der Waals surface area contributed by atoms with Crippen LogP contribution in [0.15, 0.2) is 46.9 Å². The van der Waals surface area contributed by atoms with Gasteiger partial charge in [0, 0.05) is 22.2 Å². The molecule has 1 aliphatic carbocycles. The molecule has 0 atom stereocenters. The Morgan fingerprint density at radius 3 is 2.65 bits per heavy atom. The lowest BCUT2D eigenvalue weighted by molar-refractivity contribution is 0.102. The second-order valence-corrected chi connectivity index (χ2v) is 6.53. The van der Waals surface area contributed by atoms with E-state index < -0.39 is 0 Å². The summed E-state index contributed by atoms with van der Waals surface area (Å²) < 4.78 is 10.9. The predicted molar refractivity (Wildman–Crippen MR) is 97.7 cm³/mol. The summed E-state index contributed by atoms with van der Waals surface area (Å²) in [6.07, 6.45) is 2.22. The number of amides is 1. The molecule has 0 spiro atoms. The van der Waals surface area contributed by atoms with Crippen LogP contribution in [-0.2, 0) is 0 Å². The van der Waals surface area contributed by atoms with E-state index in [9.17, 15) is 4.79 Å². The Balaban J connectivity index is 1.49. The second kappa shape index (κ2) is 6.80. The highest BCUT2D eigenvalue weighted by Crippen LogP contribution is 2.40. The largest absolute Gasteiger partial charge is 0.496 e. The van der Waals surface area contributed by atoms with Gasteiger partial charge in [-0.1, -0.05) is 11.6 Å². The highest BCUT2D eigenvalue weighted by Gasteiger charge is 2.29. The summed E-state index contributed by atoms with van der Waals surface area (Å²) in [4.78, 5) is 12.5. The summed E-state index contributed by atoms with van der Waals surface area (Å²) in [5.74, 6) is 1.76. The molecular formula is C19H16ClN3O3. The molecule has 7 heteroatoms. The number of carbonyl (C=O) groups is 1. The Hall–Kier alpha value is -2.86. The van der Waals surface area contributed by atoms with Gasteiger partial charge in [0.1, 0.15) is 5.75 Å². The second-order valence-electron chi connectivity index (χ2n) is 6.10. The molecule has 1 aliphatic rings. The van der Waals surface area contributed by atoms with Gasteiger partial charge in [-0.15, -0.1) is 10.2 Å². The van der Waals surface area contributed by atoms with E-state index >= 15 is 0 Å². The molecule has 1 aromatic heterocycles. The third kappa shape index (κ3) is 3.41. The monoisotopic (exact) mass is 369 g/mol. The van der Waals surface area contributed by atoms with Gasteiger partial charge in [-0.3, -0.25) is 4.79 Å². The topological polar surface area (TPSA) is 77.2 Å². The minimum Gasteiger partial charge on any atom is -0.496 e. The number of hydrogen-bond acceptors (Lipinski definition) is 5. The molecule has 2 aromatic carbocycles. The first-order valence-corrected chi connectivity index (χ1v) is 8.60. The van der Waals surface area contributed by atoms with Crippen LogP contribution < -0.4 is 10.1 Å². The van der Waals surface area contributed by atoms with Crippen molar-refractivity contribution in [1.82, 2.24) is 10.2 Å². The molecule has 1 fully saturated rings. The average molecular weight is 370 g/mol. The maximum Gasteiger partial charge on any atom is 0.259 e. The molecule has 0 bridgehead atoms. The Morgan fingerprint density at radius 1 is 1.19 bits per heavy atom. The third-order valence-corrected chi connectivity index (χ3v) is 4.40. The summed E-state index contributed by atoms with van der Waals surface area (Å²) in [6, 6.07) is 12.1. The van der Waals surface area contributed by atoms with Crippen LogP contribution in [0.5, 0.6) is 5.75 Å². The minimum atomic E-state index is -0.278. The number of ether oxygens (including phenoxy) is 1. The Labute approximate surface area is 155 Å². The first-order chi connectivity index (χ1) is 12.6. The van der Waals surface area contributed by atoms with Gasteiger partial charge in [-0.25, -0.2) is 0 Å². The van der Waals surface area contributed by atoms with Crippen molar-refractivity contribution in [2.45, 2.75) is 18.8 Å². The summed E-state index contributed by atoms with van der Waals surface area (Å²) in [7, 11) is 1.50. The van der Waals surface area contributed by atoms with E-state index in [2.05, 4.69) is 15.5 Å². The number of carbonyl (C=O) groups excluding carboxylic acids is 1. The van der Waals surface area contributed by atoms with Crippen LogP contribution in [0.4, 0.5) is 5.69 Å². The fourth-order valence-corrected chi connectivity index (χ4v) is 2.76. The molecule has 0 radical (unpaired) electrons. The molecule has 3 aromatic rings. The van der Waals surface area contributed by atoms with Crippen LogP contribution in [0.3, 0.4) is 0 Å². The van der Waals surface area contributed by atoms with Crippen molar-refractivity contribution in [3.05, 3.63) is 58.9 Å². The molecule has 1 saturated carbocycles. The molecule has 1 amide bonds. The van der Waals surface area contributed by atoms with Gasteiger partial charge < -0.3 is 14.5 Å². The first kappa shape index (κ1) is 16.6. The third-order valence-electron chi connectivity index (χ3n) is 4.17. The number of nitrogens with zero attached hydrogens (tertiary/aromatic N) is 2. The van der Waals surface area contributed by atoms with E-state index in [0.29, 0.717) is 39.7 Å². The van der Waals surface area contributed by atoms with Crippen molar-refractivity contribution in [3.8, 4) is 17.2 Å². The van der Waals surface area contributed by atoms with Crippen molar-refractivity contribution in [1.29, 1.82) is 0 Å². The number of benzene rings is 2. The van der Waals surface area contributed by atoms with Gasteiger partial charge >= 0.3 is 0 Å². The van der Waals surface area contributed by atoms with Crippen LogP contribution in [-0.4, -0.2) is 23.2 Å². The summed E-state index contributed by atoms with van der Waals surface area (Å²) in [5.41, 5.74) is 1.87. The molecule has 0 aliphatic heterocycles. The van der Waals surface area contributed by atoms with Crippen molar-refractivity contribution >= 4 is 23.2 Å². The van der Waals surface area contributed by atoms with E-state index in [0.717, 1.165) is 18.4 Å². The number of nitrogens with one attached hydrogen (secondary N) is 1. The van der Waals surface area contributed by atoms with Crippen LogP contribution in [0, 0.1) is 0 Å². The van der Waals surface area contributed by atoms with Gasteiger partial charge in [0.05, 0.1) is 12.7 Å². The quantitative estimate of drug-likeness (QED) is 0.715. The molecule has 1 heterocycles. The minimum absolute atomic E-state index is 0.278. The fourth-order valence-electron chi connectivity index (χ4n) is 2.59. The lowest BCUT2D eigenvalue weighted by atomic mass is 10.1. The number of rotatable bonds is 5. The van der Waals surface area contributed by atoms with Crippen LogP contribution >= 0.6 is 11.6 Å². The number of halogens is 1. The number of methoxy groups -OCH3 is 1. The van der Waals surface area contributed by atoms with Crippen molar-refractivity contribution in [2.24, 2.45) is 0 Å². The SMILES string of the molecule is COc1cc(Cl)ccc1C(=O)Nc1ccc(-c2nnc(C3CC3)o2)cc1. The van der Waals surface area contributed by atoms with Crippen LogP contribution in [0.2, 0.25) is 5.02 Å². The number of hydrogen-bond donors (Lipinski definition) is 1. The zero-order valence-corrected chi connectivity index (χ0v) is 14.8. The molecule has 26 heavy (non-hydrogen) atoms. The smallest absolute Gasteiger partial charge is 0.259 e. The molecule has 132 valence electrons. The highest BCUT2D eigenvalue weighted by molar-refractivity contribution is 6.31. The normalized spacial score (nSPS) is 13.5. The van der Waals surface area contributed by atoms with E-state index in [-0.39, 0.29) is 5.91 Å². The maximum atomic E-state index is 12.5. The maximum absolute atomic E-state index is 12.5. The highest BCUT2D eigenvalue weighted by atomic mass is 35.5. The first-order valence-electron chi connectivity index (χ1n) is 8.23. The fraction of sp³-hybridized carbons (Fsp3) is 0.211. The number of anilines is 1. The van der Waals surface area contributed by atoms with Gasteiger partial charge in [0.25, 0.3) is 5.91 Å². The Kier molecular flexibility index (Phi) is 4.34. The molecule has 4 rings (SSSR count). The zero-order chi connectivity index (χ0) is 18.1. The van der Waals surface area contributed by atoms with E-state index in [1.54, 1.807) is 30.3 Å². The van der Waals surface area contributed by atoms with Gasteiger partial charge in [-0.2, -0.15) is 0 Å². The van der Waals surface area contributed by atoms with Crippen LogP contribution in [0.25, 0.3) is 11.5 Å². The van der Waals surface area contributed by atoms with Gasteiger partial charge in [0.15, 0.2) is 0 Å². The van der Waals surface area contributed by atoms with Gasteiger partial charge in [-0.05, 0) is 55.3 Å². The zero-order valence-electron chi connectivity index (χ0n) is 14.0. The molecule has 6 nitrogen and oxygen atoms in total. The molecule has 0 unspecified atom stereocenters. The average Bonchev–Trinajstić information content (AvgIpc) is 3.39. The van der Waals surface area contributed by atoms with E-state index in [1.807, 2.05) is 12.1 Å². The van der Waals surface area contributed by atoms with E-state index in [4.69, 9.17) is 20.8 Å². The van der Waals surface area contributed by atoms with Crippen molar-refractivity contribution in [2.75, 3.05) is 12.4 Å². The Bertz CT molecular complexity index is 949. The molecular weight excluding hydrogens is 354 g/mol. The Morgan fingerprint density at radius 2 is 1.96 bits per heavy atom. The summed E-state index contributed by atoms with van der Waals surface area (Å²) >= 11 is 5.93. The number of aromatic nitrogens is 2. The molecule has 0 saturated heterocycles. The van der Waals surface area contributed by atoms with Crippen molar-refractivity contribution in [3.63, 3.8) is 0 Å². The van der Waals surface area contributed by atoms with Gasteiger partial charge in [0.2, 0.25) is 11.8 Å². The lowest BCUT2D eigenvalue weighted by Crippen LogP contribution is -2.13. The molecule has 1 N–H and O–H groups in total. The summed E-state index contributed by atoms with van der Waals surface area (Å²) in [6.45, 7) is 0. The summed E-state index contributed by atoms with van der Waals surface area (Å²) in [5, 5.41) is 11.5.